The first-order valence-corrected chi connectivity index (χ1v) is 3.28. The molecule has 0 saturated heterocycles. The van der Waals surface area contributed by atoms with Crippen LogP contribution >= 0.6 is 9.47 Å². The van der Waals surface area contributed by atoms with E-state index < -0.39 is 0 Å². The molecule has 0 aromatic carbocycles. The van der Waals surface area contributed by atoms with Crippen LogP contribution in [0.1, 0.15) is 0 Å². The van der Waals surface area contributed by atoms with Gasteiger partial charge < -0.3 is 0 Å². The third-order valence-corrected chi connectivity index (χ3v) is 0.491. The summed E-state index contributed by atoms with van der Waals surface area (Å²) >= 11 is 0. The lowest BCUT2D eigenvalue weighted by Gasteiger charge is -1.97. The fraction of sp³-hybridized carbons (Fsp3) is 0. The van der Waals surface area contributed by atoms with Gasteiger partial charge in [0.2, 0.25) is 0 Å². The van der Waals surface area contributed by atoms with Crippen LogP contribution in [-0.4, -0.2) is 0 Å². The van der Waals surface area contributed by atoms with Crippen LogP contribution in [-0.2, 0) is 70.1 Å². The van der Waals surface area contributed by atoms with E-state index in [-0.39, 0.29) is 0 Å². The second kappa shape index (κ2) is 15.3. The van der Waals surface area contributed by atoms with Crippen molar-refractivity contribution < 1.29 is 70.1 Å². The van der Waals surface area contributed by atoms with Crippen LogP contribution in [0.4, 0.5) is 0 Å². The smallest absolute Gasteiger partial charge is 0.0604 e. The zero-order chi connectivity index (χ0) is 12.6. The first-order chi connectivity index (χ1) is 8.41. The Hall–Kier alpha value is -0.690. The van der Waals surface area contributed by atoms with Crippen molar-refractivity contribution in [3.63, 3.8) is 0 Å². The van der Waals surface area contributed by atoms with E-state index in [0.29, 0.717) is 0 Å². The molecule has 102 valence electrons. The Morgan fingerprint density at radius 1 is 0.588 bits per heavy atom. The van der Waals surface area contributed by atoms with Crippen LogP contribution in [0.25, 0.3) is 0 Å². The predicted octanol–water partition coefficient (Wildman–Crippen LogP) is -0.150. The summed E-state index contributed by atoms with van der Waals surface area (Å²) in [6.45, 7) is 0. The summed E-state index contributed by atoms with van der Waals surface area (Å²) in [5, 5.41) is 44.4. The maximum absolute atomic E-state index is 6.01. The molecule has 0 fully saturated rings. The largest absolute Gasteiger partial charge is 0.189 e. The molecular weight excluding hydrogens is 283 g/mol. The quantitative estimate of drug-likeness (QED) is 0.147. The van der Waals surface area contributed by atoms with Crippen LogP contribution in [0.2, 0.25) is 0 Å². The molecule has 0 saturated carbocycles. The van der Waals surface area contributed by atoms with E-state index in [2.05, 4.69) is 75.4 Å². The number of nitrogens with one attached hydrogen (secondary N) is 1. The molecule has 0 rings (SSSR count). The van der Waals surface area contributed by atoms with Gasteiger partial charge in [-0.3, -0.25) is 0 Å². The maximum Gasteiger partial charge on any atom is 0.0604 e. The molecule has 0 aromatic heterocycles. The highest BCUT2D eigenvalue weighted by Gasteiger charge is 1.97. The van der Waals surface area contributed by atoms with Gasteiger partial charge in [0.1, 0.15) is 0 Å². The molecule has 1 N–H and O–H groups in total. The molecule has 0 amide bonds. The summed E-state index contributed by atoms with van der Waals surface area (Å²) < 4.78 is 3.79. The summed E-state index contributed by atoms with van der Waals surface area (Å²) in [6.07, 6.45) is 0. The minimum atomic E-state index is 1.64. The highest BCUT2D eigenvalue weighted by atomic mass is 31.0. The van der Waals surface area contributed by atoms with E-state index in [1.807, 2.05) is 0 Å². The number of rotatable bonds is 14. The minimum Gasteiger partial charge on any atom is -0.189 e. The van der Waals surface area contributed by atoms with Gasteiger partial charge in [-0.1, -0.05) is 0 Å². The zero-order valence-electron chi connectivity index (χ0n) is 7.24. The molecule has 0 aliphatic heterocycles. The van der Waals surface area contributed by atoms with Crippen LogP contribution in [0.3, 0.4) is 0 Å². The number of hydrogen-bond acceptors (Lipinski definition) is 16. The fourth-order valence-corrected chi connectivity index (χ4v) is 0.189. The van der Waals surface area contributed by atoms with E-state index in [4.69, 9.17) is 5.53 Å². The average molecular weight is 286 g/mol. The van der Waals surface area contributed by atoms with E-state index in [9.17, 15) is 0 Å². The Morgan fingerprint density at radius 3 is 1.29 bits per heavy atom. The van der Waals surface area contributed by atoms with Gasteiger partial charge in [0.25, 0.3) is 0 Å². The highest BCUT2D eigenvalue weighted by Crippen LogP contribution is 1.93. The lowest BCUT2D eigenvalue weighted by atomic mass is 13.1. The Balaban J connectivity index is 2.87. The van der Waals surface area contributed by atoms with Crippen molar-refractivity contribution in [3.8, 4) is 0 Å². The second-order valence-corrected chi connectivity index (χ2v) is 1.27. The zero-order valence-corrected chi connectivity index (χ0v) is 8.39. The van der Waals surface area contributed by atoms with Crippen molar-refractivity contribution in [3.05, 3.63) is 0 Å². The van der Waals surface area contributed by atoms with Crippen LogP contribution < -0.4 is 0 Å². The molecule has 0 radical (unpaired) electrons. The predicted molar refractivity (Wildman–Crippen MR) is 30.0 cm³/mol. The van der Waals surface area contributed by atoms with Gasteiger partial charge in [0.05, 0.1) is 5.28 Å². The summed E-state index contributed by atoms with van der Waals surface area (Å²) in [5.41, 5.74) is 6.01. The molecule has 1 unspecified atom stereocenters. The van der Waals surface area contributed by atoms with E-state index in [1.54, 1.807) is 9.47 Å². The lowest BCUT2D eigenvalue weighted by Crippen LogP contribution is -2.03. The van der Waals surface area contributed by atoms with Crippen LogP contribution in [0.5, 0.6) is 0 Å². The van der Waals surface area contributed by atoms with Crippen molar-refractivity contribution in [1.82, 2.24) is 0 Å². The van der Waals surface area contributed by atoms with E-state index >= 15 is 0 Å². The van der Waals surface area contributed by atoms with Crippen molar-refractivity contribution in [2.24, 2.45) is 5.28 Å². The molecule has 16 nitrogen and oxygen atoms in total. The Bertz CT molecular complexity index is 151. The van der Waals surface area contributed by atoms with Crippen LogP contribution in [0, 0.1) is 5.53 Å². The number of hydrogen-bond donors (Lipinski definition) is 1. The molecule has 0 aromatic rings. The van der Waals surface area contributed by atoms with Gasteiger partial charge in [-0.25, -0.2) is 0 Å². The van der Waals surface area contributed by atoms with Crippen LogP contribution in [0.15, 0.2) is 5.28 Å². The summed E-state index contributed by atoms with van der Waals surface area (Å²) in [6, 6.07) is 0. The van der Waals surface area contributed by atoms with Gasteiger partial charge >= 0.3 is 0 Å². The molecule has 0 aliphatic carbocycles. The van der Waals surface area contributed by atoms with E-state index in [0.717, 1.165) is 0 Å². The molecule has 1 atom stereocenters. The first-order valence-electron chi connectivity index (χ1n) is 2.81. The summed E-state index contributed by atoms with van der Waals surface area (Å²) in [4.78, 5) is 3.46. The highest BCUT2D eigenvalue weighted by molar-refractivity contribution is 7.09. The van der Waals surface area contributed by atoms with E-state index in [1.165, 1.54) is 0 Å². The lowest BCUT2D eigenvalue weighted by molar-refractivity contribution is -0.874. The second-order valence-electron chi connectivity index (χ2n) is 1.08. The third kappa shape index (κ3) is 15.3. The maximum atomic E-state index is 6.01. The topological polar surface area (TPSA) is 165 Å². The molecule has 17 heteroatoms. The van der Waals surface area contributed by atoms with Gasteiger partial charge in [0, 0.05) is 39.7 Å². The number of nitrogens with zero attached hydrogens (tertiary/aromatic N) is 1. The first kappa shape index (κ1) is 16.3. The molecular formula is H3N2O14P. The molecule has 0 heterocycles. The van der Waals surface area contributed by atoms with Gasteiger partial charge in [-0.05, 0) is 30.2 Å². The van der Waals surface area contributed by atoms with Crippen molar-refractivity contribution in [2.45, 2.75) is 0 Å². The normalized spacial score (nSPS) is 10.4. The SMILES string of the molecule is N=NOOOOOOOOOOOOOOP. The van der Waals surface area contributed by atoms with Gasteiger partial charge in [0.15, 0.2) is 0 Å². The monoisotopic (exact) mass is 286 g/mol. The molecule has 0 bridgehead atoms. The Kier molecular flexibility index (Phi) is 14.7. The van der Waals surface area contributed by atoms with Crippen molar-refractivity contribution >= 4 is 9.47 Å². The Morgan fingerprint density at radius 2 is 0.941 bits per heavy atom. The summed E-state index contributed by atoms with van der Waals surface area (Å²) in [7, 11) is 1.64. The van der Waals surface area contributed by atoms with Gasteiger partial charge in [-0.2, -0.15) is 15.2 Å². The Labute approximate surface area is 91.7 Å². The van der Waals surface area contributed by atoms with Crippen molar-refractivity contribution in [2.75, 3.05) is 0 Å². The molecule has 17 heavy (non-hydrogen) atoms. The third-order valence-electron chi connectivity index (χ3n) is 0.413. The minimum absolute atomic E-state index is 1.64. The summed E-state index contributed by atoms with van der Waals surface area (Å²) in [5.74, 6) is 0. The standard InChI is InChI=1S/H3N2O14P/c1-2-3-4-5-6-7-8-9-10-11-12-13-14-15-16-17/h1H,17H2. The van der Waals surface area contributed by atoms with Gasteiger partial charge in [-0.15, -0.1) is 0 Å². The molecule has 0 aliphatic rings. The molecule has 0 spiro atoms. The fourth-order valence-electron chi connectivity index (χ4n) is 0.157. The van der Waals surface area contributed by atoms with Crippen molar-refractivity contribution in [1.29, 1.82) is 5.53 Å². The average Bonchev–Trinajstić information content (AvgIpc) is 2.35.